The number of amides is 2. The van der Waals surface area contributed by atoms with E-state index in [1.165, 1.54) is 0 Å². The molecule has 1 fully saturated rings. The van der Waals surface area contributed by atoms with Crippen molar-refractivity contribution in [2.45, 2.75) is 44.3 Å². The summed E-state index contributed by atoms with van der Waals surface area (Å²) >= 11 is 0. The minimum absolute atomic E-state index is 0.00492. The summed E-state index contributed by atoms with van der Waals surface area (Å²) in [5.74, 6) is -2.04. The molecule has 1 unspecified atom stereocenters. The first kappa shape index (κ1) is 17.0. The summed E-state index contributed by atoms with van der Waals surface area (Å²) in [4.78, 5) is 39.4. The van der Waals surface area contributed by atoms with Crippen LogP contribution in [0.1, 0.15) is 39.0 Å². The quantitative estimate of drug-likeness (QED) is 0.506. The molecule has 1 atom stereocenters. The summed E-state index contributed by atoms with van der Waals surface area (Å²) < 4.78 is 22.6. The second kappa shape index (κ2) is 7.07. The summed E-state index contributed by atoms with van der Waals surface area (Å²) in [6, 6.07) is 0. The van der Waals surface area contributed by atoms with Gasteiger partial charge < -0.3 is 4.84 Å². The molecule has 0 saturated carbocycles. The summed E-state index contributed by atoms with van der Waals surface area (Å²) in [5, 5.41) is -0.504. The molecule has 1 aliphatic heterocycles. The van der Waals surface area contributed by atoms with Crippen molar-refractivity contribution in [3.63, 3.8) is 0 Å². The zero-order valence-electron chi connectivity index (χ0n) is 11.3. The predicted molar refractivity (Wildman–Crippen MR) is 72.9 cm³/mol. The van der Waals surface area contributed by atoms with Crippen LogP contribution in [0, 0.1) is 0 Å². The van der Waals surface area contributed by atoms with E-state index in [0.29, 0.717) is 28.7 Å². The lowest BCUT2D eigenvalue weighted by atomic mass is 10.2. The van der Waals surface area contributed by atoms with Gasteiger partial charge in [0.15, 0.2) is 8.87 Å². The molecule has 1 heterocycles. The van der Waals surface area contributed by atoms with Crippen molar-refractivity contribution in [1.29, 1.82) is 0 Å². The number of carbonyl (C=O) groups excluding carboxylic acids is 3. The maximum absolute atomic E-state index is 11.9. The van der Waals surface area contributed by atoms with Crippen molar-refractivity contribution in [1.82, 2.24) is 5.06 Å². The molecule has 20 heavy (non-hydrogen) atoms. The number of nitrogens with zero attached hydrogens (tertiary/aromatic N) is 1. The van der Waals surface area contributed by atoms with Crippen LogP contribution in [0.2, 0.25) is 0 Å². The van der Waals surface area contributed by atoms with Gasteiger partial charge in [-0.15, -0.1) is 5.06 Å². The van der Waals surface area contributed by atoms with E-state index in [1.54, 1.807) is 0 Å². The average Bonchev–Trinajstić information content (AvgIpc) is 2.64. The Morgan fingerprint density at radius 1 is 1.35 bits per heavy atom. The smallest absolute Gasteiger partial charge is 0.329 e. The van der Waals surface area contributed by atoms with Gasteiger partial charge in [-0.3, -0.25) is 9.59 Å². The minimum atomic E-state index is -3.43. The zero-order valence-corrected chi connectivity index (χ0v) is 13.0. The molecule has 114 valence electrons. The Balaban J connectivity index is 2.72. The second-order valence-corrected chi connectivity index (χ2v) is 8.99. The fourth-order valence-electron chi connectivity index (χ4n) is 1.61. The van der Waals surface area contributed by atoms with Crippen LogP contribution in [0.15, 0.2) is 0 Å². The predicted octanol–water partition coefficient (Wildman–Crippen LogP) is 0.845. The van der Waals surface area contributed by atoms with E-state index in [4.69, 9.17) is 4.84 Å². The first-order valence-corrected chi connectivity index (χ1v) is 9.49. The molecule has 9 heteroatoms. The highest BCUT2D eigenvalue weighted by molar-refractivity contribution is 8.72. The van der Waals surface area contributed by atoms with E-state index < -0.39 is 31.9 Å². The van der Waals surface area contributed by atoms with Crippen LogP contribution in [-0.2, 0) is 28.1 Å². The molecular formula is C11H17NO6S2. The number of hydrogen-bond acceptors (Lipinski definition) is 7. The summed E-state index contributed by atoms with van der Waals surface area (Å²) in [6.45, 7) is 1.90. The molecular weight excluding hydrogens is 306 g/mol. The van der Waals surface area contributed by atoms with Crippen LogP contribution in [0.25, 0.3) is 0 Å². The van der Waals surface area contributed by atoms with Crippen LogP contribution < -0.4 is 0 Å². The summed E-state index contributed by atoms with van der Waals surface area (Å²) in [5.41, 5.74) is 0. The van der Waals surface area contributed by atoms with Gasteiger partial charge >= 0.3 is 5.97 Å². The average molecular weight is 323 g/mol. The first-order valence-electron chi connectivity index (χ1n) is 6.20. The Morgan fingerprint density at radius 3 is 2.35 bits per heavy atom. The molecule has 0 N–H and O–H groups in total. The van der Waals surface area contributed by atoms with Gasteiger partial charge in [0.2, 0.25) is 0 Å². The van der Waals surface area contributed by atoms with Crippen molar-refractivity contribution in [3.8, 4) is 0 Å². The Morgan fingerprint density at radius 2 is 1.90 bits per heavy atom. The lowest BCUT2D eigenvalue weighted by molar-refractivity contribution is -0.197. The summed E-state index contributed by atoms with van der Waals surface area (Å²) in [7, 11) is -2.95. The van der Waals surface area contributed by atoms with Crippen LogP contribution in [-0.4, -0.2) is 42.8 Å². The van der Waals surface area contributed by atoms with Crippen LogP contribution in [0.4, 0.5) is 0 Å². The highest BCUT2D eigenvalue weighted by Gasteiger charge is 2.35. The molecule has 1 saturated heterocycles. The van der Waals surface area contributed by atoms with Gasteiger partial charge in [-0.05, 0) is 17.2 Å². The Kier molecular flexibility index (Phi) is 6.00. The van der Waals surface area contributed by atoms with Crippen LogP contribution in [0.3, 0.4) is 0 Å². The van der Waals surface area contributed by atoms with Gasteiger partial charge in [0, 0.05) is 19.1 Å². The molecule has 0 bridgehead atoms. The number of imide groups is 1. The number of rotatable bonds is 7. The number of hydroxylamine groups is 2. The lowest BCUT2D eigenvalue weighted by Crippen LogP contribution is -2.36. The van der Waals surface area contributed by atoms with Crippen molar-refractivity contribution in [3.05, 3.63) is 0 Å². The Hall–Kier alpha value is -1.09. The standard InChI is InChI=1S/C11H17NO6S2/c1-3-4-5-8(19-20(2,16)17)11(15)18-12-9(13)6-7-10(12)14/h8H,3-7H2,1-2H3. The van der Waals surface area contributed by atoms with Crippen LogP contribution >= 0.6 is 10.8 Å². The van der Waals surface area contributed by atoms with E-state index >= 15 is 0 Å². The van der Waals surface area contributed by atoms with Gasteiger partial charge in [0.05, 0.1) is 0 Å². The van der Waals surface area contributed by atoms with E-state index in [9.17, 15) is 22.8 Å². The Labute approximate surface area is 121 Å². The van der Waals surface area contributed by atoms with Gasteiger partial charge in [0.25, 0.3) is 11.8 Å². The van der Waals surface area contributed by atoms with Gasteiger partial charge in [-0.2, -0.15) is 0 Å². The van der Waals surface area contributed by atoms with Crippen LogP contribution in [0.5, 0.6) is 0 Å². The van der Waals surface area contributed by atoms with Gasteiger partial charge in [-0.25, -0.2) is 13.2 Å². The number of unbranched alkanes of at least 4 members (excludes halogenated alkanes) is 1. The molecule has 0 spiro atoms. The van der Waals surface area contributed by atoms with Crippen molar-refractivity contribution in [2.75, 3.05) is 6.26 Å². The maximum atomic E-state index is 11.9. The molecule has 0 aromatic carbocycles. The van der Waals surface area contributed by atoms with Gasteiger partial charge in [-0.1, -0.05) is 19.8 Å². The molecule has 0 radical (unpaired) electrons. The third kappa shape index (κ3) is 5.12. The molecule has 2 amide bonds. The van der Waals surface area contributed by atoms with E-state index in [1.807, 2.05) is 6.92 Å². The molecule has 1 aliphatic rings. The van der Waals surface area contributed by atoms with E-state index in [2.05, 4.69) is 0 Å². The molecule has 1 rings (SSSR count). The highest BCUT2D eigenvalue weighted by Crippen LogP contribution is 2.25. The third-order valence-electron chi connectivity index (χ3n) is 2.56. The molecule has 0 aromatic heterocycles. The fourth-order valence-corrected chi connectivity index (χ4v) is 4.21. The van der Waals surface area contributed by atoms with Crippen molar-refractivity contribution < 1.29 is 27.6 Å². The van der Waals surface area contributed by atoms with Gasteiger partial charge in [0.1, 0.15) is 5.25 Å². The zero-order chi connectivity index (χ0) is 15.3. The molecule has 0 aliphatic carbocycles. The second-order valence-electron chi connectivity index (χ2n) is 4.42. The lowest BCUT2D eigenvalue weighted by Gasteiger charge is -2.17. The monoisotopic (exact) mass is 323 g/mol. The number of hydrogen-bond donors (Lipinski definition) is 0. The Bertz CT molecular complexity index is 485. The fraction of sp³-hybridized carbons (Fsp3) is 0.727. The SMILES string of the molecule is CCCCC(SS(C)(=O)=O)C(=O)ON1C(=O)CCC1=O. The number of carbonyl (C=O) groups is 3. The topological polar surface area (TPSA) is 97.8 Å². The molecule has 0 aromatic rings. The van der Waals surface area contributed by atoms with Crippen molar-refractivity contribution >= 4 is 37.4 Å². The normalized spacial score (nSPS) is 17.4. The van der Waals surface area contributed by atoms with E-state index in [-0.39, 0.29) is 12.8 Å². The molecule has 7 nitrogen and oxygen atoms in total. The van der Waals surface area contributed by atoms with E-state index in [0.717, 1.165) is 12.7 Å². The largest absolute Gasteiger partial charge is 0.347 e. The summed E-state index contributed by atoms with van der Waals surface area (Å²) in [6.07, 6.45) is 2.75. The minimum Gasteiger partial charge on any atom is -0.329 e. The third-order valence-corrected chi connectivity index (χ3v) is 5.32. The first-order chi connectivity index (χ1) is 9.24. The highest BCUT2D eigenvalue weighted by atomic mass is 33.1. The van der Waals surface area contributed by atoms with Crippen molar-refractivity contribution in [2.24, 2.45) is 0 Å². The maximum Gasteiger partial charge on any atom is 0.347 e.